The average molecular weight is 299 g/mol. The van der Waals surface area contributed by atoms with E-state index in [1.54, 1.807) is 0 Å². The van der Waals surface area contributed by atoms with Gasteiger partial charge in [0, 0.05) is 0 Å². The number of hydrogen-bond donors (Lipinski definition) is 2. The summed E-state index contributed by atoms with van der Waals surface area (Å²) >= 11 is 0. The predicted molar refractivity (Wildman–Crippen MR) is 79.8 cm³/mol. The Morgan fingerprint density at radius 3 is 2.45 bits per heavy atom. The summed E-state index contributed by atoms with van der Waals surface area (Å²) in [5.74, 6) is -1.34. The normalized spacial score (nSPS) is 15.3. The Hall–Kier alpha value is -2.56. The van der Waals surface area contributed by atoms with Gasteiger partial charge in [0.1, 0.15) is 0 Å². The number of carboxylic acid groups (broad SMARTS) is 1. The van der Waals surface area contributed by atoms with E-state index in [-0.39, 0.29) is 23.5 Å². The van der Waals surface area contributed by atoms with Crippen LogP contribution in [0.1, 0.15) is 51.1 Å². The number of aryl methyl sites for hydroxylation is 1. The number of rotatable bonds is 5. The molecule has 1 aliphatic rings. The monoisotopic (exact) mass is 299 g/mol. The van der Waals surface area contributed by atoms with E-state index in [2.05, 4.69) is 5.32 Å². The number of hydrogen-bond acceptors (Lipinski definition) is 3. The van der Waals surface area contributed by atoms with Crippen LogP contribution >= 0.6 is 0 Å². The van der Waals surface area contributed by atoms with E-state index in [0.717, 1.165) is 24.0 Å². The maximum atomic E-state index is 12.3. The average Bonchev–Trinajstić information content (AvgIpc) is 3.20. The smallest absolute Gasteiger partial charge is 0.371 e. The van der Waals surface area contributed by atoms with Gasteiger partial charge in [-0.2, -0.15) is 0 Å². The molecular formula is C17H17NO4. The number of nitrogens with one attached hydrogen (secondary N) is 1. The summed E-state index contributed by atoms with van der Waals surface area (Å²) in [4.78, 5) is 23.1. The highest BCUT2D eigenvalue weighted by Crippen LogP contribution is 2.42. The first-order valence-corrected chi connectivity index (χ1v) is 7.26. The Labute approximate surface area is 127 Å². The van der Waals surface area contributed by atoms with E-state index in [9.17, 15) is 9.59 Å². The van der Waals surface area contributed by atoms with Crippen LogP contribution < -0.4 is 5.32 Å². The van der Waals surface area contributed by atoms with Crippen molar-refractivity contribution in [3.05, 3.63) is 59.0 Å². The van der Waals surface area contributed by atoms with Crippen molar-refractivity contribution in [1.29, 1.82) is 0 Å². The van der Waals surface area contributed by atoms with E-state index >= 15 is 0 Å². The molecule has 1 unspecified atom stereocenters. The largest absolute Gasteiger partial charge is 0.475 e. The zero-order chi connectivity index (χ0) is 15.7. The molecule has 1 atom stereocenters. The Morgan fingerprint density at radius 1 is 1.18 bits per heavy atom. The molecule has 2 aromatic rings. The van der Waals surface area contributed by atoms with E-state index in [4.69, 9.17) is 9.52 Å². The van der Waals surface area contributed by atoms with Crippen molar-refractivity contribution in [1.82, 2.24) is 5.32 Å². The predicted octanol–water partition coefficient (Wildman–Crippen LogP) is 3.17. The first-order valence-electron chi connectivity index (χ1n) is 7.26. The molecule has 22 heavy (non-hydrogen) atoms. The molecule has 1 aromatic carbocycles. The minimum Gasteiger partial charge on any atom is -0.475 e. The Kier molecular flexibility index (Phi) is 3.71. The second-order valence-electron chi connectivity index (χ2n) is 5.61. The highest BCUT2D eigenvalue weighted by Gasteiger charge is 2.34. The lowest BCUT2D eigenvalue weighted by Crippen LogP contribution is -2.30. The third-order valence-corrected chi connectivity index (χ3v) is 3.94. The molecule has 1 fully saturated rings. The molecule has 0 bridgehead atoms. The summed E-state index contributed by atoms with van der Waals surface area (Å²) in [6, 6.07) is 10.6. The highest BCUT2D eigenvalue weighted by atomic mass is 16.4. The number of furan rings is 1. The van der Waals surface area contributed by atoms with Crippen LogP contribution in [0.25, 0.3) is 0 Å². The first kappa shape index (κ1) is 14.4. The molecule has 0 aliphatic heterocycles. The fraction of sp³-hybridized carbons (Fsp3) is 0.294. The van der Waals surface area contributed by atoms with Crippen LogP contribution in [0, 0.1) is 12.8 Å². The molecule has 3 rings (SSSR count). The fourth-order valence-electron chi connectivity index (χ4n) is 2.60. The van der Waals surface area contributed by atoms with E-state index in [1.165, 1.54) is 12.1 Å². The molecule has 1 aliphatic carbocycles. The topological polar surface area (TPSA) is 79.5 Å². The lowest BCUT2D eigenvalue weighted by Gasteiger charge is -2.20. The van der Waals surface area contributed by atoms with Crippen LogP contribution in [0.5, 0.6) is 0 Å². The molecule has 1 aromatic heterocycles. The highest BCUT2D eigenvalue weighted by molar-refractivity contribution is 5.93. The van der Waals surface area contributed by atoms with E-state index < -0.39 is 5.97 Å². The van der Waals surface area contributed by atoms with E-state index in [0.29, 0.717) is 5.92 Å². The lowest BCUT2D eigenvalue weighted by molar-refractivity contribution is 0.0659. The number of carboxylic acids is 1. The number of amides is 1. The Morgan fingerprint density at radius 2 is 1.86 bits per heavy atom. The quantitative estimate of drug-likeness (QED) is 0.888. The Bertz CT molecular complexity index is 715. The SMILES string of the molecule is Cc1ccccc1C(NC(=O)c1ccc(C(=O)O)o1)C1CC1. The molecule has 0 spiro atoms. The summed E-state index contributed by atoms with van der Waals surface area (Å²) in [7, 11) is 0. The molecular weight excluding hydrogens is 282 g/mol. The fourth-order valence-corrected chi connectivity index (χ4v) is 2.60. The zero-order valence-electron chi connectivity index (χ0n) is 12.2. The van der Waals surface area contributed by atoms with Crippen LogP contribution in [0.4, 0.5) is 0 Å². The molecule has 0 radical (unpaired) electrons. The van der Waals surface area contributed by atoms with Crippen LogP contribution in [0.3, 0.4) is 0 Å². The Balaban J connectivity index is 1.80. The van der Waals surface area contributed by atoms with Crippen LogP contribution in [0.15, 0.2) is 40.8 Å². The summed E-state index contributed by atoms with van der Waals surface area (Å²) in [5.41, 5.74) is 2.23. The van der Waals surface area contributed by atoms with Gasteiger partial charge in [-0.05, 0) is 48.9 Å². The number of benzene rings is 1. The molecule has 5 nitrogen and oxygen atoms in total. The van der Waals surface area contributed by atoms with Crippen molar-refractivity contribution >= 4 is 11.9 Å². The van der Waals surface area contributed by atoms with Gasteiger partial charge in [-0.25, -0.2) is 4.79 Å². The van der Waals surface area contributed by atoms with Gasteiger partial charge in [-0.1, -0.05) is 24.3 Å². The van der Waals surface area contributed by atoms with Gasteiger partial charge in [-0.15, -0.1) is 0 Å². The maximum Gasteiger partial charge on any atom is 0.371 e. The number of aromatic carboxylic acids is 1. The molecule has 2 N–H and O–H groups in total. The van der Waals surface area contributed by atoms with Crippen molar-refractivity contribution in [3.63, 3.8) is 0 Å². The maximum absolute atomic E-state index is 12.3. The van der Waals surface area contributed by atoms with Crippen molar-refractivity contribution in [3.8, 4) is 0 Å². The zero-order valence-corrected chi connectivity index (χ0v) is 12.2. The van der Waals surface area contributed by atoms with Crippen molar-refractivity contribution in [2.45, 2.75) is 25.8 Å². The summed E-state index contributed by atoms with van der Waals surface area (Å²) in [5, 5.41) is 11.8. The third-order valence-electron chi connectivity index (χ3n) is 3.94. The molecule has 1 amide bonds. The lowest BCUT2D eigenvalue weighted by atomic mass is 9.97. The van der Waals surface area contributed by atoms with Gasteiger partial charge in [0.2, 0.25) is 5.76 Å². The van der Waals surface area contributed by atoms with Crippen LogP contribution in [-0.2, 0) is 0 Å². The summed E-state index contributed by atoms with van der Waals surface area (Å²) < 4.78 is 5.06. The standard InChI is InChI=1S/C17H17NO4/c1-10-4-2-3-5-12(10)15(11-6-7-11)18-16(19)13-8-9-14(22-13)17(20)21/h2-5,8-9,11,15H,6-7H2,1H3,(H,18,19)(H,20,21). The molecule has 5 heteroatoms. The molecule has 1 heterocycles. The van der Waals surface area contributed by atoms with Crippen LogP contribution in [0.2, 0.25) is 0 Å². The van der Waals surface area contributed by atoms with Gasteiger partial charge >= 0.3 is 5.97 Å². The minimum absolute atomic E-state index is 0.0247. The number of carbonyl (C=O) groups excluding carboxylic acids is 1. The van der Waals surface area contributed by atoms with Gasteiger partial charge in [0.25, 0.3) is 5.91 Å². The first-order chi connectivity index (χ1) is 10.6. The van der Waals surface area contributed by atoms with Gasteiger partial charge in [-0.3, -0.25) is 4.79 Å². The van der Waals surface area contributed by atoms with Gasteiger partial charge in [0.05, 0.1) is 6.04 Å². The molecule has 1 saturated carbocycles. The van der Waals surface area contributed by atoms with Crippen molar-refractivity contribution in [2.75, 3.05) is 0 Å². The van der Waals surface area contributed by atoms with E-state index in [1.807, 2.05) is 31.2 Å². The summed E-state index contributed by atoms with van der Waals surface area (Å²) in [6.45, 7) is 2.02. The van der Waals surface area contributed by atoms with Crippen molar-refractivity contribution in [2.24, 2.45) is 5.92 Å². The van der Waals surface area contributed by atoms with Gasteiger partial charge < -0.3 is 14.8 Å². The number of carbonyl (C=O) groups is 2. The second kappa shape index (κ2) is 5.67. The summed E-state index contributed by atoms with van der Waals surface area (Å²) in [6.07, 6.45) is 2.16. The van der Waals surface area contributed by atoms with Crippen LogP contribution in [-0.4, -0.2) is 17.0 Å². The molecule has 0 saturated heterocycles. The molecule has 114 valence electrons. The third kappa shape index (κ3) is 2.88. The second-order valence-corrected chi connectivity index (χ2v) is 5.61. The van der Waals surface area contributed by atoms with Crippen molar-refractivity contribution < 1.29 is 19.1 Å². The van der Waals surface area contributed by atoms with Gasteiger partial charge in [0.15, 0.2) is 5.76 Å². The minimum atomic E-state index is -1.18.